The van der Waals surface area contributed by atoms with Crippen LogP contribution in [0.15, 0.2) is 18.2 Å². The highest BCUT2D eigenvalue weighted by Gasteiger charge is 2.24. The van der Waals surface area contributed by atoms with E-state index in [4.69, 9.17) is 10.5 Å². The molecule has 0 aliphatic carbocycles. The van der Waals surface area contributed by atoms with Gasteiger partial charge >= 0.3 is 0 Å². The quantitative estimate of drug-likeness (QED) is 0.804. The lowest BCUT2D eigenvalue weighted by Gasteiger charge is -2.36. The monoisotopic (exact) mass is 250 g/mol. The van der Waals surface area contributed by atoms with E-state index in [9.17, 15) is 5.11 Å². The third-order valence-corrected chi connectivity index (χ3v) is 3.45. The van der Waals surface area contributed by atoms with Gasteiger partial charge < -0.3 is 20.5 Å². The van der Waals surface area contributed by atoms with Crippen LogP contribution in [0.5, 0.6) is 5.75 Å². The number of benzene rings is 1. The van der Waals surface area contributed by atoms with Crippen molar-refractivity contribution in [2.45, 2.75) is 26.4 Å². The molecule has 1 heterocycles. The largest absolute Gasteiger partial charge is 0.494 e. The van der Waals surface area contributed by atoms with Gasteiger partial charge in [0.2, 0.25) is 0 Å². The zero-order valence-electron chi connectivity index (χ0n) is 11.1. The highest BCUT2D eigenvalue weighted by atomic mass is 16.5. The molecule has 0 spiro atoms. The maximum atomic E-state index is 9.76. The summed E-state index contributed by atoms with van der Waals surface area (Å²) in [5.74, 6) is 1.10. The van der Waals surface area contributed by atoms with Crippen LogP contribution in [-0.4, -0.2) is 30.9 Å². The van der Waals surface area contributed by atoms with Crippen molar-refractivity contribution in [3.8, 4) is 5.75 Å². The van der Waals surface area contributed by atoms with E-state index < -0.39 is 0 Å². The van der Waals surface area contributed by atoms with E-state index in [-0.39, 0.29) is 12.0 Å². The Morgan fingerprint density at radius 3 is 2.89 bits per heavy atom. The molecule has 0 bridgehead atoms. The van der Waals surface area contributed by atoms with Crippen LogP contribution in [0.3, 0.4) is 0 Å². The summed E-state index contributed by atoms with van der Waals surface area (Å²) in [5.41, 5.74) is 7.70. The number of rotatable bonds is 3. The fraction of sp³-hybridized carbons (Fsp3) is 0.571. The lowest BCUT2D eigenvalue weighted by molar-refractivity contribution is 0.0971. The van der Waals surface area contributed by atoms with Gasteiger partial charge in [-0.25, -0.2) is 0 Å². The van der Waals surface area contributed by atoms with Crippen LogP contribution < -0.4 is 15.4 Å². The van der Waals surface area contributed by atoms with Crippen molar-refractivity contribution in [2.75, 3.05) is 30.3 Å². The average molecular weight is 250 g/mol. The Labute approximate surface area is 108 Å². The third-order valence-electron chi connectivity index (χ3n) is 3.45. The minimum absolute atomic E-state index is 0.186. The van der Waals surface area contributed by atoms with Crippen molar-refractivity contribution in [2.24, 2.45) is 5.92 Å². The normalized spacial score (nSPS) is 24.1. The van der Waals surface area contributed by atoms with E-state index >= 15 is 0 Å². The Morgan fingerprint density at radius 2 is 2.22 bits per heavy atom. The fourth-order valence-corrected chi connectivity index (χ4v) is 2.41. The standard InChI is InChI=1S/C14H22N2O2/c1-3-18-13-7-11(15)6-12(8-13)16-5-4-14(17)10(2)9-16/h6-8,10,14,17H,3-5,9,15H2,1-2H3. The number of aliphatic hydroxyl groups excluding tert-OH is 1. The van der Waals surface area contributed by atoms with E-state index in [1.54, 1.807) is 0 Å². The fourth-order valence-electron chi connectivity index (χ4n) is 2.41. The van der Waals surface area contributed by atoms with Crippen molar-refractivity contribution in [3.05, 3.63) is 18.2 Å². The number of hydrogen-bond donors (Lipinski definition) is 2. The smallest absolute Gasteiger partial charge is 0.123 e. The summed E-state index contributed by atoms with van der Waals surface area (Å²) in [7, 11) is 0. The number of nitrogens with zero attached hydrogens (tertiary/aromatic N) is 1. The Bertz CT molecular complexity index is 409. The zero-order valence-corrected chi connectivity index (χ0v) is 11.1. The molecule has 1 aromatic carbocycles. The second-order valence-corrected chi connectivity index (χ2v) is 4.97. The van der Waals surface area contributed by atoms with E-state index in [2.05, 4.69) is 11.8 Å². The third kappa shape index (κ3) is 2.88. The maximum Gasteiger partial charge on any atom is 0.123 e. The molecular formula is C14H22N2O2. The van der Waals surface area contributed by atoms with Gasteiger partial charge in [-0.1, -0.05) is 6.92 Å². The molecule has 1 aromatic rings. The highest BCUT2D eigenvalue weighted by molar-refractivity contribution is 5.60. The van der Waals surface area contributed by atoms with Crippen molar-refractivity contribution < 1.29 is 9.84 Å². The van der Waals surface area contributed by atoms with Crippen molar-refractivity contribution in [1.29, 1.82) is 0 Å². The average Bonchev–Trinajstić information content (AvgIpc) is 2.32. The predicted molar refractivity (Wildman–Crippen MR) is 74.0 cm³/mol. The second-order valence-electron chi connectivity index (χ2n) is 4.97. The van der Waals surface area contributed by atoms with Crippen LogP contribution >= 0.6 is 0 Å². The van der Waals surface area contributed by atoms with E-state index in [1.165, 1.54) is 0 Å². The number of anilines is 2. The van der Waals surface area contributed by atoms with Crippen LogP contribution in [0.4, 0.5) is 11.4 Å². The van der Waals surface area contributed by atoms with Gasteiger partial charge in [0, 0.05) is 36.6 Å². The van der Waals surface area contributed by atoms with Crippen LogP contribution in [0.1, 0.15) is 20.3 Å². The Balaban J connectivity index is 2.17. The first-order valence-corrected chi connectivity index (χ1v) is 6.56. The van der Waals surface area contributed by atoms with Crippen LogP contribution in [0.25, 0.3) is 0 Å². The molecule has 1 aliphatic heterocycles. The van der Waals surface area contributed by atoms with Gasteiger partial charge in [0.15, 0.2) is 0 Å². The van der Waals surface area contributed by atoms with Gasteiger partial charge in [-0.15, -0.1) is 0 Å². The highest BCUT2D eigenvalue weighted by Crippen LogP contribution is 2.29. The summed E-state index contributed by atoms with van der Waals surface area (Å²) in [6.45, 7) is 6.39. The predicted octanol–water partition coefficient (Wildman–Crippen LogP) is 1.87. The van der Waals surface area contributed by atoms with Crippen molar-refractivity contribution in [3.63, 3.8) is 0 Å². The zero-order chi connectivity index (χ0) is 13.1. The Hall–Kier alpha value is -1.42. The molecule has 0 amide bonds. The molecule has 0 aromatic heterocycles. The molecule has 2 atom stereocenters. The first-order valence-electron chi connectivity index (χ1n) is 6.56. The van der Waals surface area contributed by atoms with Gasteiger partial charge in [0.1, 0.15) is 5.75 Å². The van der Waals surface area contributed by atoms with Crippen LogP contribution in [0.2, 0.25) is 0 Å². The van der Waals surface area contributed by atoms with Crippen molar-refractivity contribution >= 4 is 11.4 Å². The Kier molecular flexibility index (Phi) is 3.97. The van der Waals surface area contributed by atoms with Gasteiger partial charge in [0.25, 0.3) is 0 Å². The van der Waals surface area contributed by atoms with E-state index in [0.717, 1.165) is 36.6 Å². The molecule has 0 radical (unpaired) electrons. The van der Waals surface area contributed by atoms with E-state index in [0.29, 0.717) is 6.61 Å². The molecule has 1 aliphatic rings. The van der Waals surface area contributed by atoms with Crippen LogP contribution in [0, 0.1) is 5.92 Å². The van der Waals surface area contributed by atoms with Crippen molar-refractivity contribution in [1.82, 2.24) is 0 Å². The molecule has 18 heavy (non-hydrogen) atoms. The van der Waals surface area contributed by atoms with Gasteiger partial charge in [-0.3, -0.25) is 0 Å². The van der Waals surface area contributed by atoms with Gasteiger partial charge in [0.05, 0.1) is 12.7 Å². The lowest BCUT2D eigenvalue weighted by atomic mass is 9.96. The molecular weight excluding hydrogens is 228 g/mol. The molecule has 1 fully saturated rings. The summed E-state index contributed by atoms with van der Waals surface area (Å²) >= 11 is 0. The second kappa shape index (κ2) is 5.48. The Morgan fingerprint density at radius 1 is 1.44 bits per heavy atom. The minimum atomic E-state index is -0.186. The molecule has 2 rings (SSSR count). The SMILES string of the molecule is CCOc1cc(N)cc(N2CCC(O)C(C)C2)c1. The van der Waals surface area contributed by atoms with Crippen LogP contribution in [-0.2, 0) is 0 Å². The maximum absolute atomic E-state index is 9.76. The minimum Gasteiger partial charge on any atom is -0.494 e. The van der Waals surface area contributed by atoms with Gasteiger partial charge in [-0.2, -0.15) is 0 Å². The first kappa shape index (κ1) is 13.0. The number of nitrogen functional groups attached to an aromatic ring is 1. The number of hydrogen-bond acceptors (Lipinski definition) is 4. The number of nitrogens with two attached hydrogens (primary N) is 1. The molecule has 2 unspecified atom stereocenters. The summed E-state index contributed by atoms with van der Waals surface area (Å²) in [4.78, 5) is 2.26. The lowest BCUT2D eigenvalue weighted by Crippen LogP contribution is -2.41. The molecule has 3 N–H and O–H groups in total. The molecule has 0 saturated carbocycles. The summed E-state index contributed by atoms with van der Waals surface area (Å²) in [5, 5.41) is 9.76. The summed E-state index contributed by atoms with van der Waals surface area (Å²) < 4.78 is 5.51. The molecule has 100 valence electrons. The number of ether oxygens (including phenoxy) is 1. The number of aliphatic hydroxyl groups is 1. The van der Waals surface area contributed by atoms with Gasteiger partial charge in [-0.05, 0) is 25.3 Å². The van der Waals surface area contributed by atoms with E-state index in [1.807, 2.05) is 25.1 Å². The molecule has 1 saturated heterocycles. The molecule has 4 heteroatoms. The summed E-state index contributed by atoms with van der Waals surface area (Å²) in [6.07, 6.45) is 0.619. The number of piperidine rings is 1. The molecule has 4 nitrogen and oxygen atoms in total. The first-order chi connectivity index (χ1) is 8.60. The summed E-state index contributed by atoms with van der Waals surface area (Å²) in [6, 6.07) is 5.83. The topological polar surface area (TPSA) is 58.7 Å².